The summed E-state index contributed by atoms with van der Waals surface area (Å²) in [6.07, 6.45) is 5.02. The van der Waals surface area contributed by atoms with Crippen molar-refractivity contribution in [3.05, 3.63) is 11.8 Å². The van der Waals surface area contributed by atoms with Gasteiger partial charge in [-0.3, -0.25) is 4.99 Å². The minimum Gasteiger partial charge on any atom is -0.390 e. The molecule has 0 amide bonds. The number of aliphatic imine (C=N–C) groups is 1. The molecule has 0 saturated carbocycles. The van der Waals surface area contributed by atoms with Gasteiger partial charge in [-0.25, -0.2) is 0 Å². The lowest BCUT2D eigenvalue weighted by Crippen LogP contribution is -2.32. The largest absolute Gasteiger partial charge is 0.390 e. The first-order chi connectivity index (χ1) is 6.81. The Balaban J connectivity index is 2.05. The third-order valence-electron chi connectivity index (χ3n) is 2.71. The maximum absolute atomic E-state index is 9.13. The van der Waals surface area contributed by atoms with E-state index in [0.29, 0.717) is 6.54 Å². The second-order valence-corrected chi connectivity index (χ2v) is 4.30. The SMILES string of the molecule is OCC1=CCCN1C1=NCC(Cl)CC1. The van der Waals surface area contributed by atoms with Gasteiger partial charge in [0.25, 0.3) is 0 Å². The van der Waals surface area contributed by atoms with Gasteiger partial charge in [-0.1, -0.05) is 6.08 Å². The first-order valence-electron chi connectivity index (χ1n) is 5.06. The molecule has 2 aliphatic rings. The predicted octanol–water partition coefficient (Wildman–Crippen LogP) is 1.37. The zero-order chi connectivity index (χ0) is 9.97. The van der Waals surface area contributed by atoms with Gasteiger partial charge in [0.2, 0.25) is 0 Å². The van der Waals surface area contributed by atoms with Gasteiger partial charge in [0.05, 0.1) is 18.5 Å². The average molecular weight is 215 g/mol. The fourth-order valence-corrected chi connectivity index (χ4v) is 2.12. The summed E-state index contributed by atoms with van der Waals surface area (Å²) in [5.74, 6) is 1.10. The van der Waals surface area contributed by atoms with E-state index in [1.807, 2.05) is 0 Å². The van der Waals surface area contributed by atoms with Crippen molar-refractivity contribution < 1.29 is 5.11 Å². The normalized spacial score (nSPS) is 27.6. The van der Waals surface area contributed by atoms with Crippen molar-refractivity contribution >= 4 is 17.4 Å². The summed E-state index contributed by atoms with van der Waals surface area (Å²) in [6.45, 7) is 1.79. The van der Waals surface area contributed by atoms with Crippen LogP contribution in [0.25, 0.3) is 0 Å². The summed E-state index contributed by atoms with van der Waals surface area (Å²) in [6, 6.07) is 0. The highest BCUT2D eigenvalue weighted by Crippen LogP contribution is 2.21. The number of aliphatic hydroxyl groups excluding tert-OH is 1. The maximum Gasteiger partial charge on any atom is 0.103 e. The number of nitrogens with zero attached hydrogens (tertiary/aromatic N) is 2. The van der Waals surface area contributed by atoms with Gasteiger partial charge in [-0.15, -0.1) is 11.6 Å². The van der Waals surface area contributed by atoms with Crippen LogP contribution in [-0.2, 0) is 0 Å². The third-order valence-corrected chi connectivity index (χ3v) is 3.06. The van der Waals surface area contributed by atoms with E-state index in [4.69, 9.17) is 16.7 Å². The van der Waals surface area contributed by atoms with Crippen LogP contribution in [-0.4, -0.2) is 40.9 Å². The molecule has 2 aliphatic heterocycles. The molecule has 0 spiro atoms. The molecule has 3 nitrogen and oxygen atoms in total. The number of alkyl halides is 1. The zero-order valence-electron chi connectivity index (χ0n) is 8.12. The first kappa shape index (κ1) is 9.99. The number of hydrogen-bond acceptors (Lipinski definition) is 3. The number of aliphatic hydroxyl groups is 1. The van der Waals surface area contributed by atoms with Crippen molar-refractivity contribution in [1.82, 2.24) is 4.90 Å². The van der Waals surface area contributed by atoms with Crippen LogP contribution in [0.2, 0.25) is 0 Å². The standard InChI is InChI=1S/C10H15ClN2O/c11-8-3-4-10(12-6-8)13-5-1-2-9(13)7-14/h2,8,14H,1,3-7H2. The van der Waals surface area contributed by atoms with E-state index in [1.165, 1.54) is 0 Å². The van der Waals surface area contributed by atoms with Crippen LogP contribution in [0.3, 0.4) is 0 Å². The lowest BCUT2D eigenvalue weighted by molar-refractivity contribution is 0.301. The Kier molecular flexibility index (Phi) is 3.08. The monoisotopic (exact) mass is 214 g/mol. The Morgan fingerprint density at radius 2 is 2.50 bits per heavy atom. The van der Waals surface area contributed by atoms with Gasteiger partial charge < -0.3 is 10.0 Å². The molecule has 0 aromatic carbocycles. The van der Waals surface area contributed by atoms with Gasteiger partial charge >= 0.3 is 0 Å². The van der Waals surface area contributed by atoms with Crippen molar-refractivity contribution in [2.75, 3.05) is 19.7 Å². The number of amidine groups is 1. The van der Waals surface area contributed by atoms with Crippen LogP contribution in [0.1, 0.15) is 19.3 Å². The zero-order valence-corrected chi connectivity index (χ0v) is 8.87. The van der Waals surface area contributed by atoms with E-state index in [2.05, 4.69) is 16.0 Å². The van der Waals surface area contributed by atoms with E-state index in [1.54, 1.807) is 0 Å². The summed E-state index contributed by atoms with van der Waals surface area (Å²) in [7, 11) is 0. The van der Waals surface area contributed by atoms with E-state index < -0.39 is 0 Å². The summed E-state index contributed by atoms with van der Waals surface area (Å²) < 4.78 is 0. The van der Waals surface area contributed by atoms with Crippen LogP contribution in [0.15, 0.2) is 16.8 Å². The molecule has 0 aromatic heterocycles. The van der Waals surface area contributed by atoms with Crippen molar-refractivity contribution in [2.45, 2.75) is 24.6 Å². The van der Waals surface area contributed by atoms with Gasteiger partial charge in [0, 0.05) is 18.7 Å². The highest BCUT2D eigenvalue weighted by molar-refractivity contribution is 6.21. The lowest BCUT2D eigenvalue weighted by atomic mass is 10.1. The Hall–Kier alpha value is -0.540. The number of rotatable bonds is 1. The molecule has 1 atom stereocenters. The molecule has 0 radical (unpaired) electrons. The minimum absolute atomic E-state index is 0.114. The molecule has 0 saturated heterocycles. The molecule has 0 fully saturated rings. The quantitative estimate of drug-likeness (QED) is 0.670. The van der Waals surface area contributed by atoms with Crippen LogP contribution in [0.5, 0.6) is 0 Å². The van der Waals surface area contributed by atoms with E-state index in [9.17, 15) is 0 Å². The Labute approximate surface area is 89.1 Å². The predicted molar refractivity (Wildman–Crippen MR) is 57.7 cm³/mol. The van der Waals surface area contributed by atoms with Gasteiger partial charge in [0.15, 0.2) is 0 Å². The summed E-state index contributed by atoms with van der Waals surface area (Å²) in [5, 5.41) is 9.33. The van der Waals surface area contributed by atoms with Crippen LogP contribution in [0.4, 0.5) is 0 Å². The number of halogens is 1. The fraction of sp³-hybridized carbons (Fsp3) is 0.700. The topological polar surface area (TPSA) is 35.8 Å². The summed E-state index contributed by atoms with van der Waals surface area (Å²) in [4.78, 5) is 6.58. The molecular formula is C10H15ClN2O. The summed E-state index contributed by atoms with van der Waals surface area (Å²) in [5.41, 5.74) is 0.997. The van der Waals surface area contributed by atoms with Gasteiger partial charge in [-0.2, -0.15) is 0 Å². The van der Waals surface area contributed by atoms with Crippen LogP contribution >= 0.6 is 11.6 Å². The molecule has 2 rings (SSSR count). The smallest absolute Gasteiger partial charge is 0.103 e. The lowest BCUT2D eigenvalue weighted by Gasteiger charge is -2.26. The Morgan fingerprint density at radius 1 is 1.64 bits per heavy atom. The average Bonchev–Trinajstić information content (AvgIpc) is 2.67. The highest BCUT2D eigenvalue weighted by atomic mass is 35.5. The summed E-state index contributed by atoms with van der Waals surface area (Å²) >= 11 is 5.97. The Bertz CT molecular complexity index is 275. The molecule has 78 valence electrons. The van der Waals surface area contributed by atoms with Gasteiger partial charge in [0.1, 0.15) is 5.84 Å². The molecule has 0 aromatic rings. The molecule has 14 heavy (non-hydrogen) atoms. The fourth-order valence-electron chi connectivity index (χ4n) is 1.94. The second-order valence-electron chi connectivity index (χ2n) is 3.69. The first-order valence-corrected chi connectivity index (χ1v) is 5.49. The number of hydrogen-bond donors (Lipinski definition) is 1. The highest BCUT2D eigenvalue weighted by Gasteiger charge is 2.22. The van der Waals surface area contributed by atoms with Crippen LogP contribution in [0, 0.1) is 0 Å². The van der Waals surface area contributed by atoms with Crippen molar-refractivity contribution in [3.63, 3.8) is 0 Å². The molecule has 2 heterocycles. The molecule has 1 unspecified atom stereocenters. The van der Waals surface area contributed by atoms with Gasteiger partial charge in [-0.05, 0) is 12.8 Å². The molecule has 0 bridgehead atoms. The van der Waals surface area contributed by atoms with E-state index in [-0.39, 0.29) is 12.0 Å². The molecular weight excluding hydrogens is 200 g/mol. The minimum atomic E-state index is 0.114. The van der Waals surface area contributed by atoms with Crippen LogP contribution < -0.4 is 0 Å². The van der Waals surface area contributed by atoms with Crippen molar-refractivity contribution in [2.24, 2.45) is 4.99 Å². The van der Waals surface area contributed by atoms with E-state index >= 15 is 0 Å². The third kappa shape index (κ3) is 1.93. The van der Waals surface area contributed by atoms with Crippen molar-refractivity contribution in [1.29, 1.82) is 0 Å². The maximum atomic E-state index is 9.13. The second kappa shape index (κ2) is 4.32. The van der Waals surface area contributed by atoms with E-state index in [0.717, 1.165) is 37.3 Å². The molecule has 0 aliphatic carbocycles. The Morgan fingerprint density at radius 3 is 3.14 bits per heavy atom. The molecule has 1 N–H and O–H groups in total. The molecule has 4 heteroatoms. The van der Waals surface area contributed by atoms with Crippen molar-refractivity contribution in [3.8, 4) is 0 Å².